The number of hydrogen-bond acceptors (Lipinski definition) is 2. The lowest BCUT2D eigenvalue weighted by molar-refractivity contribution is -0.138. The number of rotatable bonds is 4. The zero-order valence-corrected chi connectivity index (χ0v) is 11.4. The van der Waals surface area contributed by atoms with Crippen molar-refractivity contribution in [1.29, 1.82) is 0 Å². The van der Waals surface area contributed by atoms with Gasteiger partial charge in [-0.2, -0.15) is 0 Å². The maximum atomic E-state index is 12.6. The second kappa shape index (κ2) is 4.84. The number of methoxy groups -OCH3 is 1. The molecule has 0 aromatic rings. The third kappa shape index (κ3) is 2.18. The topological polar surface area (TPSA) is 38.3 Å². The molecular weight excluding hydrogens is 226 g/mol. The van der Waals surface area contributed by atoms with E-state index in [1.807, 2.05) is 0 Å². The molecule has 4 rings (SSSR count). The van der Waals surface area contributed by atoms with Crippen LogP contribution in [0.3, 0.4) is 0 Å². The van der Waals surface area contributed by atoms with Gasteiger partial charge < -0.3 is 10.1 Å². The summed E-state index contributed by atoms with van der Waals surface area (Å²) < 4.78 is 5.02. The Labute approximate surface area is 110 Å². The quantitative estimate of drug-likeness (QED) is 0.779. The molecule has 0 aromatic heterocycles. The van der Waals surface area contributed by atoms with Crippen LogP contribution in [0.4, 0.5) is 0 Å². The lowest BCUT2D eigenvalue weighted by atomic mass is 9.58. The summed E-state index contributed by atoms with van der Waals surface area (Å²) in [4.78, 5) is 12.6. The van der Waals surface area contributed by atoms with Crippen molar-refractivity contribution in [3.05, 3.63) is 0 Å². The molecular formula is C15H25NO2. The van der Waals surface area contributed by atoms with Gasteiger partial charge in [0.2, 0.25) is 5.91 Å². The Morgan fingerprint density at radius 3 is 2.39 bits per heavy atom. The molecule has 4 bridgehead atoms. The Morgan fingerprint density at radius 2 is 1.78 bits per heavy atom. The van der Waals surface area contributed by atoms with Crippen molar-refractivity contribution >= 4 is 5.91 Å². The number of carbonyl (C=O) groups excluding carboxylic acids is 1. The van der Waals surface area contributed by atoms with Crippen molar-refractivity contribution in [3.63, 3.8) is 0 Å². The number of fused-ring (bicyclic) bond motifs is 1. The summed E-state index contributed by atoms with van der Waals surface area (Å²) in [6.07, 6.45) is 8.98. The number of ether oxygens (including phenoxy) is 1. The fourth-order valence-corrected chi connectivity index (χ4v) is 4.92. The Morgan fingerprint density at radius 1 is 1.17 bits per heavy atom. The largest absolute Gasteiger partial charge is 0.383 e. The predicted molar refractivity (Wildman–Crippen MR) is 70.1 cm³/mol. The van der Waals surface area contributed by atoms with E-state index in [9.17, 15) is 4.79 Å². The summed E-state index contributed by atoms with van der Waals surface area (Å²) >= 11 is 0. The lowest BCUT2D eigenvalue weighted by Crippen LogP contribution is -2.49. The number of hydrogen-bond donors (Lipinski definition) is 1. The first kappa shape index (κ1) is 12.5. The van der Waals surface area contributed by atoms with E-state index in [0.717, 1.165) is 37.0 Å². The normalized spacial score (nSPS) is 41.7. The summed E-state index contributed by atoms with van der Waals surface area (Å²) in [5.74, 6) is 2.80. The Hall–Kier alpha value is -0.570. The minimum Gasteiger partial charge on any atom is -0.383 e. The molecule has 4 fully saturated rings. The van der Waals surface area contributed by atoms with E-state index in [0.29, 0.717) is 19.1 Å². The first-order chi connectivity index (χ1) is 8.72. The molecule has 2 unspecified atom stereocenters. The fraction of sp³-hybridized carbons (Fsp3) is 0.933. The first-order valence-corrected chi connectivity index (χ1v) is 7.49. The zero-order chi connectivity index (χ0) is 12.6. The molecule has 4 saturated carbocycles. The van der Waals surface area contributed by atoms with Crippen LogP contribution in [0, 0.1) is 23.2 Å². The van der Waals surface area contributed by atoms with Gasteiger partial charge >= 0.3 is 0 Å². The van der Waals surface area contributed by atoms with Crippen LogP contribution in [-0.4, -0.2) is 26.2 Å². The smallest absolute Gasteiger partial charge is 0.226 e. The molecule has 2 atom stereocenters. The summed E-state index contributed by atoms with van der Waals surface area (Å²) in [6, 6.07) is 0. The van der Waals surface area contributed by atoms with Gasteiger partial charge in [-0.1, -0.05) is 12.8 Å². The van der Waals surface area contributed by atoms with Crippen molar-refractivity contribution in [3.8, 4) is 0 Å². The van der Waals surface area contributed by atoms with E-state index in [1.54, 1.807) is 7.11 Å². The minimum absolute atomic E-state index is 0.0132. The Balaban J connectivity index is 1.71. The maximum absolute atomic E-state index is 12.6. The van der Waals surface area contributed by atoms with Crippen molar-refractivity contribution in [2.45, 2.75) is 44.9 Å². The van der Waals surface area contributed by atoms with Gasteiger partial charge in [0.25, 0.3) is 0 Å². The molecule has 0 spiro atoms. The van der Waals surface area contributed by atoms with Crippen LogP contribution in [-0.2, 0) is 9.53 Å². The summed E-state index contributed by atoms with van der Waals surface area (Å²) in [7, 11) is 1.68. The third-order valence-corrected chi connectivity index (χ3v) is 5.43. The van der Waals surface area contributed by atoms with Gasteiger partial charge in [0, 0.05) is 19.1 Å². The molecule has 3 heteroatoms. The van der Waals surface area contributed by atoms with Crippen molar-refractivity contribution < 1.29 is 9.53 Å². The van der Waals surface area contributed by atoms with Crippen molar-refractivity contribution in [2.75, 3.05) is 20.3 Å². The van der Waals surface area contributed by atoms with Gasteiger partial charge in [-0.05, 0) is 49.9 Å². The number of carbonyl (C=O) groups is 1. The van der Waals surface area contributed by atoms with Gasteiger partial charge in [-0.15, -0.1) is 0 Å². The molecule has 0 saturated heterocycles. The van der Waals surface area contributed by atoms with Crippen LogP contribution in [0.2, 0.25) is 0 Å². The molecule has 102 valence electrons. The standard InChI is InChI=1S/C15H25NO2/c1-18-5-4-16-14(17)15-8-11-2-3-12(9-15)7-13(6-11)10-15/h11-13H,2-10H2,1H3,(H,16,17). The highest BCUT2D eigenvalue weighted by Gasteiger charge is 2.52. The van der Waals surface area contributed by atoms with Gasteiger partial charge in [0.1, 0.15) is 0 Å². The van der Waals surface area contributed by atoms with E-state index in [1.165, 1.54) is 25.7 Å². The van der Waals surface area contributed by atoms with Crippen LogP contribution in [0.25, 0.3) is 0 Å². The molecule has 1 N–H and O–H groups in total. The molecule has 0 aliphatic heterocycles. The van der Waals surface area contributed by atoms with Crippen LogP contribution in [0.1, 0.15) is 44.9 Å². The van der Waals surface area contributed by atoms with Crippen LogP contribution >= 0.6 is 0 Å². The monoisotopic (exact) mass is 251 g/mol. The van der Waals surface area contributed by atoms with Gasteiger partial charge in [-0.25, -0.2) is 0 Å². The van der Waals surface area contributed by atoms with E-state index >= 15 is 0 Å². The van der Waals surface area contributed by atoms with Crippen LogP contribution in [0.15, 0.2) is 0 Å². The summed E-state index contributed by atoms with van der Waals surface area (Å²) in [5.41, 5.74) is -0.0132. The molecule has 1 amide bonds. The average molecular weight is 251 g/mol. The molecule has 4 aliphatic carbocycles. The van der Waals surface area contributed by atoms with Crippen molar-refractivity contribution in [1.82, 2.24) is 5.32 Å². The number of amides is 1. The highest BCUT2D eigenvalue weighted by Crippen LogP contribution is 2.57. The van der Waals surface area contributed by atoms with E-state index < -0.39 is 0 Å². The Kier molecular flexibility index (Phi) is 3.35. The second-order valence-corrected chi connectivity index (χ2v) is 6.79. The Bertz CT molecular complexity index is 312. The predicted octanol–water partition coefficient (Wildman–Crippen LogP) is 2.36. The van der Waals surface area contributed by atoms with E-state index in [-0.39, 0.29) is 5.41 Å². The van der Waals surface area contributed by atoms with Gasteiger partial charge in [-0.3, -0.25) is 4.79 Å². The van der Waals surface area contributed by atoms with Crippen LogP contribution < -0.4 is 5.32 Å². The molecule has 4 aliphatic rings. The highest BCUT2D eigenvalue weighted by atomic mass is 16.5. The minimum atomic E-state index is -0.0132. The zero-order valence-electron chi connectivity index (χ0n) is 11.4. The van der Waals surface area contributed by atoms with Gasteiger partial charge in [0.05, 0.1) is 6.61 Å². The number of nitrogens with one attached hydrogen (secondary N) is 1. The second-order valence-electron chi connectivity index (χ2n) is 6.79. The molecule has 3 nitrogen and oxygen atoms in total. The fourth-order valence-electron chi connectivity index (χ4n) is 4.92. The average Bonchev–Trinajstić information content (AvgIpc) is 2.56. The SMILES string of the molecule is COCCNC(=O)C12CC3CCC(CC(C3)C1)C2. The third-order valence-electron chi connectivity index (χ3n) is 5.43. The molecule has 0 radical (unpaired) electrons. The van der Waals surface area contributed by atoms with Gasteiger partial charge in [0.15, 0.2) is 0 Å². The highest BCUT2D eigenvalue weighted by molar-refractivity contribution is 5.83. The van der Waals surface area contributed by atoms with E-state index in [2.05, 4.69) is 5.32 Å². The summed E-state index contributed by atoms with van der Waals surface area (Å²) in [5, 5.41) is 3.10. The van der Waals surface area contributed by atoms with E-state index in [4.69, 9.17) is 4.74 Å². The summed E-state index contributed by atoms with van der Waals surface area (Å²) in [6.45, 7) is 1.29. The maximum Gasteiger partial charge on any atom is 0.226 e. The first-order valence-electron chi connectivity index (χ1n) is 7.49. The molecule has 0 aromatic carbocycles. The molecule has 18 heavy (non-hydrogen) atoms. The lowest BCUT2D eigenvalue weighted by Gasteiger charge is -2.47. The molecule has 0 heterocycles. The van der Waals surface area contributed by atoms with Crippen LogP contribution in [0.5, 0.6) is 0 Å². The van der Waals surface area contributed by atoms with Crippen molar-refractivity contribution in [2.24, 2.45) is 23.2 Å².